The van der Waals surface area contributed by atoms with Crippen molar-refractivity contribution >= 4 is 5.97 Å². The molecule has 0 unspecified atom stereocenters. The van der Waals surface area contributed by atoms with Gasteiger partial charge >= 0.3 is 5.97 Å². The average Bonchev–Trinajstić information content (AvgIpc) is 2.32. The zero-order valence-electron chi connectivity index (χ0n) is 8.09. The van der Waals surface area contributed by atoms with Gasteiger partial charge in [0.1, 0.15) is 0 Å². The van der Waals surface area contributed by atoms with Crippen LogP contribution < -0.4 is 0 Å². The molecule has 1 N–H and O–H groups in total. The van der Waals surface area contributed by atoms with Crippen LogP contribution in [-0.2, 0) is 4.79 Å². The van der Waals surface area contributed by atoms with E-state index in [9.17, 15) is 4.79 Å². The van der Waals surface area contributed by atoms with Crippen molar-refractivity contribution in [2.45, 2.75) is 27.7 Å². The van der Waals surface area contributed by atoms with Gasteiger partial charge in [0.25, 0.3) is 0 Å². The standard InChI is InChI=1S/C10H16O2/c1-6(2)5-7-8(9(11)12)10(7,3)4/h5,7-8H,1-4H3,(H,11,12)/t7-,8-/m0/s1/i9+2. The highest BCUT2D eigenvalue weighted by molar-refractivity contribution is 5.76. The maximum atomic E-state index is 10.7. The van der Waals surface area contributed by atoms with Gasteiger partial charge in [0.15, 0.2) is 0 Å². The number of hydrogen-bond donors (Lipinski definition) is 1. The molecule has 0 saturated heterocycles. The van der Waals surface area contributed by atoms with Crippen molar-refractivity contribution in [3.05, 3.63) is 11.6 Å². The summed E-state index contributed by atoms with van der Waals surface area (Å²) in [6, 6.07) is 0. The Bertz CT molecular complexity index is 234. The molecule has 1 saturated carbocycles. The zero-order chi connectivity index (χ0) is 9.52. The Labute approximate surface area is 73.3 Å². The van der Waals surface area contributed by atoms with E-state index < -0.39 is 5.97 Å². The lowest BCUT2D eigenvalue weighted by Gasteiger charge is -1.96. The van der Waals surface area contributed by atoms with Crippen LogP contribution in [0.3, 0.4) is 0 Å². The summed E-state index contributed by atoms with van der Waals surface area (Å²) in [6.07, 6.45) is 2.07. The molecule has 0 amide bonds. The van der Waals surface area contributed by atoms with Crippen LogP contribution in [-0.4, -0.2) is 11.1 Å². The van der Waals surface area contributed by atoms with Gasteiger partial charge in [0, 0.05) is 0 Å². The first-order valence-corrected chi connectivity index (χ1v) is 4.25. The van der Waals surface area contributed by atoms with E-state index in [4.69, 9.17) is 5.11 Å². The third-order valence-electron chi connectivity index (χ3n) is 2.69. The van der Waals surface area contributed by atoms with E-state index in [1.165, 1.54) is 5.57 Å². The Kier molecular flexibility index (Phi) is 2.02. The molecule has 0 bridgehead atoms. The molecule has 1 aliphatic carbocycles. The fourth-order valence-corrected chi connectivity index (χ4v) is 1.82. The molecule has 2 atom stereocenters. The maximum Gasteiger partial charge on any atom is 0.307 e. The lowest BCUT2D eigenvalue weighted by Crippen LogP contribution is -2.02. The van der Waals surface area contributed by atoms with Crippen LogP contribution in [0.15, 0.2) is 11.6 Å². The second-order valence-electron chi connectivity index (χ2n) is 4.41. The normalized spacial score (nSPS) is 31.0. The molecule has 1 fully saturated rings. The summed E-state index contributed by atoms with van der Waals surface area (Å²) in [4.78, 5) is 10.7. The second-order valence-corrected chi connectivity index (χ2v) is 4.41. The number of allylic oxidation sites excluding steroid dienone is 2. The number of carboxylic acids is 1. The van der Waals surface area contributed by atoms with E-state index in [1.54, 1.807) is 0 Å². The lowest BCUT2D eigenvalue weighted by atomic mass is 10.1. The zero-order valence-corrected chi connectivity index (χ0v) is 8.09. The summed E-state index contributed by atoms with van der Waals surface area (Å²) in [6.45, 7) is 8.03. The smallest absolute Gasteiger partial charge is 0.307 e. The Hall–Kier alpha value is -0.790. The summed E-state index contributed by atoms with van der Waals surface area (Å²) in [5.74, 6) is -0.602. The SMILES string of the molecule is CC(C)=C[C@H]1[C@@H]([14C](=O)O)C1(C)C. The van der Waals surface area contributed by atoms with E-state index in [-0.39, 0.29) is 17.3 Å². The fraction of sp³-hybridized carbons (Fsp3) is 0.700. The molecule has 0 radical (unpaired) electrons. The van der Waals surface area contributed by atoms with Gasteiger partial charge in [-0.1, -0.05) is 25.5 Å². The van der Waals surface area contributed by atoms with Crippen LogP contribution in [0.1, 0.15) is 27.7 Å². The molecule has 2 nitrogen and oxygen atoms in total. The molecular weight excluding hydrogens is 154 g/mol. The van der Waals surface area contributed by atoms with Crippen molar-refractivity contribution in [1.29, 1.82) is 0 Å². The lowest BCUT2D eigenvalue weighted by molar-refractivity contribution is -0.139. The predicted molar refractivity (Wildman–Crippen MR) is 47.8 cm³/mol. The van der Waals surface area contributed by atoms with Crippen molar-refractivity contribution in [1.82, 2.24) is 0 Å². The van der Waals surface area contributed by atoms with Crippen molar-refractivity contribution in [2.75, 3.05) is 0 Å². The van der Waals surface area contributed by atoms with Gasteiger partial charge in [-0.05, 0) is 25.2 Å². The topological polar surface area (TPSA) is 37.3 Å². The molecule has 0 spiro atoms. The first-order chi connectivity index (χ1) is 5.37. The number of hydrogen-bond acceptors (Lipinski definition) is 1. The summed E-state index contributed by atoms with van der Waals surface area (Å²) in [5, 5.41) is 8.84. The van der Waals surface area contributed by atoms with Gasteiger partial charge in [0.2, 0.25) is 0 Å². The van der Waals surface area contributed by atoms with Crippen molar-refractivity contribution in [3.63, 3.8) is 0 Å². The first kappa shape index (κ1) is 9.30. The third-order valence-corrected chi connectivity index (χ3v) is 2.69. The highest BCUT2D eigenvalue weighted by Crippen LogP contribution is 2.59. The highest BCUT2D eigenvalue weighted by atomic mass is 16.6. The Morgan fingerprint density at radius 2 is 2.00 bits per heavy atom. The van der Waals surface area contributed by atoms with E-state index in [1.807, 2.05) is 27.7 Å². The van der Waals surface area contributed by atoms with E-state index in [0.717, 1.165) is 0 Å². The minimum absolute atomic E-state index is 0.0386. The number of aliphatic carboxylic acids is 1. The molecule has 1 aliphatic rings. The quantitative estimate of drug-likeness (QED) is 0.646. The monoisotopic (exact) mass is 170 g/mol. The van der Waals surface area contributed by atoms with Crippen molar-refractivity contribution < 1.29 is 9.90 Å². The molecule has 2 heteroatoms. The van der Waals surface area contributed by atoms with Crippen LogP contribution in [0.5, 0.6) is 0 Å². The average molecular weight is 170 g/mol. The van der Waals surface area contributed by atoms with Crippen LogP contribution in [0.25, 0.3) is 0 Å². The molecule has 0 heterocycles. The van der Waals surface area contributed by atoms with Crippen molar-refractivity contribution in [3.8, 4) is 0 Å². The molecule has 0 aromatic rings. The maximum absolute atomic E-state index is 10.7. The van der Waals surface area contributed by atoms with E-state index in [2.05, 4.69) is 6.08 Å². The second kappa shape index (κ2) is 2.61. The number of carbonyl (C=O) groups is 1. The predicted octanol–water partition coefficient (Wildman–Crippen LogP) is 2.31. The fourth-order valence-electron chi connectivity index (χ4n) is 1.82. The number of rotatable bonds is 2. The van der Waals surface area contributed by atoms with Gasteiger partial charge in [-0.15, -0.1) is 0 Å². The van der Waals surface area contributed by atoms with Crippen LogP contribution in [0.4, 0.5) is 0 Å². The van der Waals surface area contributed by atoms with Crippen LogP contribution >= 0.6 is 0 Å². The third kappa shape index (κ3) is 1.38. The number of carboxylic acid groups (broad SMARTS) is 1. The van der Waals surface area contributed by atoms with Crippen LogP contribution in [0, 0.1) is 17.3 Å². The Balaban J connectivity index is 2.73. The Morgan fingerprint density at radius 3 is 2.25 bits per heavy atom. The molecule has 68 valence electrons. The first-order valence-electron chi connectivity index (χ1n) is 4.25. The van der Waals surface area contributed by atoms with Gasteiger partial charge in [-0.2, -0.15) is 0 Å². The molecule has 12 heavy (non-hydrogen) atoms. The molecule has 0 aliphatic heterocycles. The van der Waals surface area contributed by atoms with E-state index in [0.29, 0.717) is 0 Å². The molecular formula is C10H16O2. The van der Waals surface area contributed by atoms with Crippen LogP contribution in [0.2, 0.25) is 0 Å². The molecule has 0 aromatic heterocycles. The summed E-state index contributed by atoms with van der Waals surface area (Å²) >= 11 is 0. The van der Waals surface area contributed by atoms with Gasteiger partial charge in [-0.25, -0.2) is 0 Å². The summed E-state index contributed by atoms with van der Waals surface area (Å²) in [7, 11) is 0. The largest absolute Gasteiger partial charge is 0.481 e. The van der Waals surface area contributed by atoms with Gasteiger partial charge in [0.05, 0.1) is 5.92 Å². The van der Waals surface area contributed by atoms with Gasteiger partial charge in [-0.3, -0.25) is 4.79 Å². The van der Waals surface area contributed by atoms with Crippen molar-refractivity contribution in [2.24, 2.45) is 17.3 Å². The molecule has 0 aromatic carbocycles. The molecule has 1 rings (SSSR count). The minimum atomic E-state index is -0.664. The van der Waals surface area contributed by atoms with E-state index >= 15 is 0 Å². The highest BCUT2D eigenvalue weighted by Gasteiger charge is 2.60. The summed E-state index contributed by atoms with van der Waals surface area (Å²) in [5.41, 5.74) is 1.17. The van der Waals surface area contributed by atoms with Gasteiger partial charge < -0.3 is 5.11 Å². The summed E-state index contributed by atoms with van der Waals surface area (Å²) < 4.78 is 0. The minimum Gasteiger partial charge on any atom is -0.481 e. The Morgan fingerprint density at radius 1 is 1.50 bits per heavy atom.